The number of aldehydes is 1. The minimum Gasteiger partial charge on any atom is -0.455 e. The van der Waals surface area contributed by atoms with Crippen LogP contribution in [0.3, 0.4) is 0 Å². The normalized spacial score (nSPS) is 19.5. The average Bonchev–Trinajstić information content (AvgIpc) is 3.42. The lowest BCUT2D eigenvalue weighted by molar-refractivity contribution is 0.112. The maximum absolute atomic E-state index is 11.8. The van der Waals surface area contributed by atoms with Crippen LogP contribution in [0, 0.1) is 5.41 Å². The Morgan fingerprint density at radius 3 is 2.73 bits per heavy atom. The van der Waals surface area contributed by atoms with Gasteiger partial charge in [-0.05, 0) is 79.1 Å². The van der Waals surface area contributed by atoms with Crippen LogP contribution in [0.5, 0.6) is 11.5 Å². The molecule has 4 aromatic rings. The van der Waals surface area contributed by atoms with Gasteiger partial charge in [0.05, 0.1) is 11.8 Å². The summed E-state index contributed by atoms with van der Waals surface area (Å²) >= 11 is 6.20. The van der Waals surface area contributed by atoms with Gasteiger partial charge in [-0.3, -0.25) is 9.69 Å². The number of rotatable bonds is 7. The van der Waals surface area contributed by atoms with Gasteiger partial charge in [0.1, 0.15) is 17.1 Å². The summed E-state index contributed by atoms with van der Waals surface area (Å²) in [5, 5.41) is 1.75. The molecule has 6 nitrogen and oxygen atoms in total. The number of aromatic amines is 1. The topological polar surface area (TPSA) is 61.5 Å². The fourth-order valence-corrected chi connectivity index (χ4v) is 6.41. The molecule has 212 valence electrons. The summed E-state index contributed by atoms with van der Waals surface area (Å²) in [4.78, 5) is 24.4. The average molecular weight is 569 g/mol. The Bertz CT molecular complexity index is 1590. The molecule has 0 spiro atoms. The number of benzene rings is 2. The van der Waals surface area contributed by atoms with Crippen molar-refractivity contribution in [1.82, 2.24) is 14.9 Å². The van der Waals surface area contributed by atoms with E-state index in [9.17, 15) is 4.79 Å². The van der Waals surface area contributed by atoms with Crippen molar-refractivity contribution < 1.29 is 9.53 Å². The molecule has 0 amide bonds. The van der Waals surface area contributed by atoms with Crippen molar-refractivity contribution in [3.8, 4) is 11.5 Å². The van der Waals surface area contributed by atoms with E-state index in [0.29, 0.717) is 28.5 Å². The monoisotopic (exact) mass is 568 g/mol. The third-order valence-corrected chi connectivity index (χ3v) is 8.81. The van der Waals surface area contributed by atoms with Crippen LogP contribution in [-0.2, 0) is 0 Å². The highest BCUT2D eigenvalue weighted by molar-refractivity contribution is 6.30. The summed E-state index contributed by atoms with van der Waals surface area (Å²) in [6.07, 6.45) is 7.83. The largest absolute Gasteiger partial charge is 0.455 e. The molecule has 1 saturated heterocycles. The number of carbonyl (C=O) groups excluding carboxylic acids is 1. The van der Waals surface area contributed by atoms with E-state index in [1.54, 1.807) is 11.8 Å². The lowest BCUT2D eigenvalue weighted by Gasteiger charge is -2.43. The summed E-state index contributed by atoms with van der Waals surface area (Å²) in [6, 6.07) is 18.4. The first-order valence-electron chi connectivity index (χ1n) is 14.4. The number of pyridine rings is 1. The number of piperazine rings is 1. The van der Waals surface area contributed by atoms with Crippen molar-refractivity contribution >= 4 is 40.2 Å². The van der Waals surface area contributed by atoms with E-state index in [2.05, 4.69) is 52.7 Å². The highest BCUT2D eigenvalue weighted by Gasteiger charge is 2.30. The zero-order valence-electron chi connectivity index (χ0n) is 24.0. The number of hydrogen-bond acceptors (Lipinski definition) is 5. The lowest BCUT2D eigenvalue weighted by atomic mass is 9.72. The van der Waals surface area contributed by atoms with Gasteiger partial charge in [-0.2, -0.15) is 0 Å². The van der Waals surface area contributed by atoms with Crippen LogP contribution in [0.4, 0.5) is 5.69 Å². The number of allylic oxidation sites excluding steroid dienone is 1. The molecular weight excluding hydrogens is 532 g/mol. The fraction of sp³-hybridized carbons (Fsp3) is 0.353. The first-order valence-corrected chi connectivity index (χ1v) is 14.8. The van der Waals surface area contributed by atoms with Gasteiger partial charge in [0.2, 0.25) is 0 Å². The van der Waals surface area contributed by atoms with Crippen molar-refractivity contribution in [3.05, 3.63) is 88.7 Å². The van der Waals surface area contributed by atoms with E-state index in [0.717, 1.165) is 67.1 Å². The number of carbonyl (C=O) groups is 1. The van der Waals surface area contributed by atoms with Crippen LogP contribution >= 0.6 is 11.6 Å². The Kier molecular flexibility index (Phi) is 7.62. The van der Waals surface area contributed by atoms with E-state index in [1.807, 2.05) is 48.7 Å². The predicted octanol–water partition coefficient (Wildman–Crippen LogP) is 8.00. The van der Waals surface area contributed by atoms with Crippen molar-refractivity contribution in [2.24, 2.45) is 5.41 Å². The van der Waals surface area contributed by atoms with E-state index < -0.39 is 0 Å². The molecule has 0 saturated carbocycles. The van der Waals surface area contributed by atoms with Crippen molar-refractivity contribution in [3.63, 3.8) is 0 Å². The number of aromatic nitrogens is 2. The second-order valence-electron chi connectivity index (χ2n) is 12.2. The van der Waals surface area contributed by atoms with Crippen LogP contribution in [0.25, 0.3) is 16.6 Å². The molecule has 0 radical (unpaired) electrons. The molecule has 1 aliphatic carbocycles. The van der Waals surface area contributed by atoms with Gasteiger partial charge in [-0.25, -0.2) is 4.98 Å². The summed E-state index contributed by atoms with van der Waals surface area (Å²) in [5.41, 5.74) is 7.06. The number of halogens is 1. The molecule has 41 heavy (non-hydrogen) atoms. The molecule has 7 heteroatoms. The van der Waals surface area contributed by atoms with Gasteiger partial charge in [0, 0.05) is 60.6 Å². The van der Waals surface area contributed by atoms with E-state index in [4.69, 9.17) is 16.3 Å². The Morgan fingerprint density at radius 1 is 1.12 bits per heavy atom. The minimum absolute atomic E-state index is 0.307. The standard InChI is InChI=1S/C34H37ClN4O2/c1-23-20-38(21-26-10-12-34(2,3)18-31(26)24-4-7-28(35)8-5-24)14-15-39(23)29-9-6-27(22-40)32(17-29)41-30-16-25-11-13-36-33(25)37-19-30/h4-9,11,13,16-17,19,22-23H,10,12,14-15,18,20-21H2,1-3H3,(H,36,37)/t23-/m0/s1. The second-order valence-corrected chi connectivity index (χ2v) is 12.7. The molecule has 6 rings (SSSR count). The summed E-state index contributed by atoms with van der Waals surface area (Å²) < 4.78 is 6.19. The van der Waals surface area contributed by atoms with Gasteiger partial charge in [0.15, 0.2) is 6.29 Å². The molecular formula is C34H37ClN4O2. The molecule has 2 aromatic heterocycles. The molecule has 2 aliphatic rings. The quantitative estimate of drug-likeness (QED) is 0.229. The molecule has 1 N–H and O–H groups in total. The zero-order valence-corrected chi connectivity index (χ0v) is 24.7. The van der Waals surface area contributed by atoms with Gasteiger partial charge in [0.25, 0.3) is 0 Å². The Labute approximate surface area is 247 Å². The molecule has 1 fully saturated rings. The number of nitrogens with zero attached hydrogens (tertiary/aromatic N) is 3. The van der Waals surface area contributed by atoms with Crippen molar-refractivity contribution in [2.45, 2.75) is 46.1 Å². The molecule has 3 heterocycles. The van der Waals surface area contributed by atoms with Gasteiger partial charge >= 0.3 is 0 Å². The number of nitrogens with one attached hydrogen (secondary N) is 1. The lowest BCUT2D eigenvalue weighted by Crippen LogP contribution is -2.52. The molecule has 0 unspecified atom stereocenters. The number of fused-ring (bicyclic) bond motifs is 1. The number of hydrogen-bond donors (Lipinski definition) is 1. The first-order chi connectivity index (χ1) is 19.8. The highest BCUT2D eigenvalue weighted by Crippen LogP contribution is 2.43. The van der Waals surface area contributed by atoms with E-state index in [-0.39, 0.29) is 0 Å². The zero-order chi connectivity index (χ0) is 28.6. The number of anilines is 1. The Balaban J connectivity index is 1.18. The minimum atomic E-state index is 0.307. The van der Waals surface area contributed by atoms with Crippen LogP contribution in [0.2, 0.25) is 5.02 Å². The number of H-pyrrole nitrogens is 1. The van der Waals surface area contributed by atoms with Crippen molar-refractivity contribution in [2.75, 3.05) is 31.1 Å². The third-order valence-electron chi connectivity index (χ3n) is 8.56. The third kappa shape index (κ3) is 6.04. The molecule has 1 aliphatic heterocycles. The number of ether oxygens (including phenoxy) is 1. The predicted molar refractivity (Wildman–Crippen MR) is 167 cm³/mol. The maximum atomic E-state index is 11.8. The summed E-state index contributed by atoms with van der Waals surface area (Å²) in [5.74, 6) is 1.15. The smallest absolute Gasteiger partial charge is 0.153 e. The highest BCUT2D eigenvalue weighted by atomic mass is 35.5. The maximum Gasteiger partial charge on any atom is 0.153 e. The first kappa shape index (κ1) is 27.6. The SMILES string of the molecule is C[C@H]1CN(CC2=C(c3ccc(Cl)cc3)CC(C)(C)CC2)CCN1c1ccc(C=O)c(Oc2cnc3[nH]ccc3c2)c1. The van der Waals surface area contributed by atoms with Crippen LogP contribution < -0.4 is 9.64 Å². The Morgan fingerprint density at radius 2 is 1.95 bits per heavy atom. The summed E-state index contributed by atoms with van der Waals surface area (Å²) in [6.45, 7) is 10.9. The van der Waals surface area contributed by atoms with Gasteiger partial charge in [-0.15, -0.1) is 0 Å². The Hall–Kier alpha value is -3.61. The van der Waals surface area contributed by atoms with E-state index in [1.165, 1.54) is 17.6 Å². The second kappa shape index (κ2) is 11.3. The van der Waals surface area contributed by atoms with Gasteiger partial charge < -0.3 is 14.6 Å². The molecule has 1 atom stereocenters. The van der Waals surface area contributed by atoms with Gasteiger partial charge in [-0.1, -0.05) is 43.2 Å². The van der Waals surface area contributed by atoms with Crippen molar-refractivity contribution in [1.29, 1.82) is 0 Å². The van der Waals surface area contributed by atoms with Crippen LogP contribution in [0.15, 0.2) is 72.6 Å². The van der Waals surface area contributed by atoms with Crippen LogP contribution in [-0.4, -0.2) is 53.4 Å². The fourth-order valence-electron chi connectivity index (χ4n) is 6.28. The molecule has 0 bridgehead atoms. The van der Waals surface area contributed by atoms with Crippen LogP contribution in [0.1, 0.15) is 56.0 Å². The van der Waals surface area contributed by atoms with E-state index >= 15 is 0 Å². The molecule has 2 aromatic carbocycles. The summed E-state index contributed by atoms with van der Waals surface area (Å²) in [7, 11) is 0.